The van der Waals surface area contributed by atoms with Gasteiger partial charge in [-0.25, -0.2) is 9.59 Å². The van der Waals surface area contributed by atoms with Gasteiger partial charge in [-0.05, 0) is 19.1 Å². The summed E-state index contributed by atoms with van der Waals surface area (Å²) in [7, 11) is 0. The van der Waals surface area contributed by atoms with E-state index in [9.17, 15) is 14.7 Å². The van der Waals surface area contributed by atoms with Gasteiger partial charge in [0.2, 0.25) is 0 Å². The van der Waals surface area contributed by atoms with Crippen LogP contribution in [0.5, 0.6) is 11.5 Å². The number of hydrogen-bond donors (Lipinski definition) is 2. The lowest BCUT2D eigenvalue weighted by molar-refractivity contribution is -0.137. The molecular formula is C18H19NO6. The lowest BCUT2D eigenvalue weighted by Crippen LogP contribution is -2.30. The van der Waals surface area contributed by atoms with Crippen LogP contribution in [-0.2, 0) is 9.53 Å². The highest BCUT2D eigenvalue weighted by Crippen LogP contribution is 2.32. The maximum atomic E-state index is 11.9. The quantitative estimate of drug-likeness (QED) is 0.346. The molecule has 0 saturated carbocycles. The molecule has 0 bridgehead atoms. The van der Waals surface area contributed by atoms with Crippen molar-refractivity contribution in [2.24, 2.45) is 0 Å². The monoisotopic (exact) mass is 345 g/mol. The minimum absolute atomic E-state index is 0.0157. The molecule has 25 heavy (non-hydrogen) atoms. The maximum Gasteiger partial charge on any atom is 0.412 e. The highest BCUT2D eigenvalue weighted by Gasteiger charge is 2.11. The first-order chi connectivity index (χ1) is 12.0. The third-order valence-corrected chi connectivity index (χ3v) is 3.12. The molecule has 0 radical (unpaired) electrons. The number of amides is 1. The van der Waals surface area contributed by atoms with E-state index in [-0.39, 0.29) is 13.2 Å². The normalized spacial score (nSPS) is 11.4. The van der Waals surface area contributed by atoms with Gasteiger partial charge in [0, 0.05) is 16.8 Å². The van der Waals surface area contributed by atoms with Crippen molar-refractivity contribution < 1.29 is 28.9 Å². The summed E-state index contributed by atoms with van der Waals surface area (Å²) in [6.45, 7) is 4.90. The first-order valence-corrected chi connectivity index (χ1v) is 7.62. The summed E-state index contributed by atoms with van der Waals surface area (Å²) in [6, 6.07) is 10.4. The fourth-order valence-electron chi connectivity index (χ4n) is 2.13. The Balaban J connectivity index is 2.04. The van der Waals surface area contributed by atoms with Gasteiger partial charge < -0.3 is 24.6 Å². The summed E-state index contributed by atoms with van der Waals surface area (Å²) in [4.78, 5) is 22.8. The fourth-order valence-corrected chi connectivity index (χ4v) is 2.13. The van der Waals surface area contributed by atoms with E-state index in [2.05, 4.69) is 11.9 Å². The molecule has 0 aliphatic rings. The van der Waals surface area contributed by atoms with Crippen molar-refractivity contribution in [1.82, 2.24) is 5.32 Å². The molecule has 7 nitrogen and oxygen atoms in total. The van der Waals surface area contributed by atoms with Crippen molar-refractivity contribution in [3.63, 3.8) is 0 Å². The molecule has 0 saturated heterocycles. The molecule has 0 heterocycles. The average molecular weight is 345 g/mol. The minimum atomic E-state index is -0.961. The predicted molar refractivity (Wildman–Crippen MR) is 91.4 cm³/mol. The second kappa shape index (κ2) is 8.70. The topological polar surface area (TPSA) is 94.1 Å². The number of esters is 1. The Hall–Kier alpha value is -3.06. The summed E-state index contributed by atoms with van der Waals surface area (Å²) in [6.07, 6.45) is -0.595. The van der Waals surface area contributed by atoms with Crippen molar-refractivity contribution in [3.05, 3.63) is 49.1 Å². The number of carbonyl (C=O) groups is 2. The smallest absolute Gasteiger partial charge is 0.412 e. The van der Waals surface area contributed by atoms with Crippen molar-refractivity contribution in [2.75, 3.05) is 13.2 Å². The van der Waals surface area contributed by atoms with E-state index in [4.69, 9.17) is 14.2 Å². The van der Waals surface area contributed by atoms with E-state index < -0.39 is 18.4 Å². The summed E-state index contributed by atoms with van der Waals surface area (Å²) in [5.74, 6) is 0.263. The first-order valence-electron chi connectivity index (χ1n) is 7.62. The highest BCUT2D eigenvalue weighted by atomic mass is 16.6. The van der Waals surface area contributed by atoms with Gasteiger partial charge in [0.15, 0.2) is 6.29 Å². The zero-order valence-corrected chi connectivity index (χ0v) is 13.7. The standard InChI is InChI=1S/C18H19NO6/c1-3-17(21)23-11-10-19-18(22)25-16-9-5-6-13-14(16)7-4-8-15(13)24-12(2)20/h3-9,12,20H,1,10-11H2,2H3,(H,19,22). The number of aliphatic hydroxyl groups is 1. The Kier molecular flexibility index (Phi) is 6.36. The first kappa shape index (κ1) is 18.3. The second-order valence-corrected chi connectivity index (χ2v) is 5.01. The van der Waals surface area contributed by atoms with Gasteiger partial charge in [-0.2, -0.15) is 0 Å². The van der Waals surface area contributed by atoms with E-state index in [0.717, 1.165) is 6.08 Å². The van der Waals surface area contributed by atoms with Crippen LogP contribution in [0.1, 0.15) is 6.92 Å². The van der Waals surface area contributed by atoms with Crippen LogP contribution < -0.4 is 14.8 Å². The van der Waals surface area contributed by atoms with E-state index in [1.54, 1.807) is 36.4 Å². The zero-order chi connectivity index (χ0) is 18.2. The van der Waals surface area contributed by atoms with Gasteiger partial charge in [0.05, 0.1) is 6.54 Å². The van der Waals surface area contributed by atoms with Crippen molar-refractivity contribution >= 4 is 22.8 Å². The molecule has 7 heteroatoms. The summed E-state index contributed by atoms with van der Waals surface area (Å²) < 4.78 is 15.4. The number of ether oxygens (including phenoxy) is 3. The van der Waals surface area contributed by atoms with E-state index in [1.165, 1.54) is 6.92 Å². The van der Waals surface area contributed by atoms with Crippen LogP contribution >= 0.6 is 0 Å². The number of nitrogens with one attached hydrogen (secondary N) is 1. The molecule has 2 aromatic carbocycles. The van der Waals surface area contributed by atoms with Gasteiger partial charge >= 0.3 is 12.1 Å². The molecular weight excluding hydrogens is 326 g/mol. The molecule has 2 aromatic rings. The van der Waals surface area contributed by atoms with Crippen molar-refractivity contribution in [2.45, 2.75) is 13.2 Å². The molecule has 0 aliphatic heterocycles. The van der Waals surface area contributed by atoms with Crippen LogP contribution in [-0.4, -0.2) is 36.6 Å². The van der Waals surface area contributed by atoms with Gasteiger partial charge in [0.1, 0.15) is 18.1 Å². The molecule has 1 unspecified atom stereocenters. The Labute approximate surface area is 144 Å². The highest BCUT2D eigenvalue weighted by molar-refractivity contribution is 5.94. The fraction of sp³-hybridized carbons (Fsp3) is 0.222. The van der Waals surface area contributed by atoms with Gasteiger partial charge in [0.25, 0.3) is 0 Å². The SMILES string of the molecule is C=CC(=O)OCCNC(=O)Oc1cccc2c(OC(C)O)cccc12. The molecule has 0 aromatic heterocycles. The number of aliphatic hydroxyl groups excluding tert-OH is 1. The third-order valence-electron chi connectivity index (χ3n) is 3.12. The minimum Gasteiger partial charge on any atom is -0.465 e. The molecule has 2 rings (SSSR count). The Morgan fingerprint density at radius 3 is 2.48 bits per heavy atom. The van der Waals surface area contributed by atoms with Gasteiger partial charge in [-0.1, -0.05) is 30.8 Å². The summed E-state index contributed by atoms with van der Waals surface area (Å²) in [5, 5.41) is 13.2. The molecule has 1 atom stereocenters. The van der Waals surface area contributed by atoms with Crippen LogP contribution in [0, 0.1) is 0 Å². The van der Waals surface area contributed by atoms with Crippen molar-refractivity contribution in [3.8, 4) is 11.5 Å². The predicted octanol–water partition coefficient (Wildman–Crippen LogP) is 2.37. The molecule has 2 N–H and O–H groups in total. The number of benzene rings is 2. The van der Waals surface area contributed by atoms with Crippen LogP contribution in [0.15, 0.2) is 49.1 Å². The number of hydrogen-bond acceptors (Lipinski definition) is 6. The van der Waals surface area contributed by atoms with E-state index >= 15 is 0 Å². The van der Waals surface area contributed by atoms with Crippen LogP contribution in [0.25, 0.3) is 10.8 Å². The van der Waals surface area contributed by atoms with Crippen molar-refractivity contribution in [1.29, 1.82) is 0 Å². The summed E-state index contributed by atoms with van der Waals surface area (Å²) >= 11 is 0. The van der Waals surface area contributed by atoms with Gasteiger partial charge in [-0.3, -0.25) is 0 Å². The van der Waals surface area contributed by atoms with Gasteiger partial charge in [-0.15, -0.1) is 0 Å². The Morgan fingerprint density at radius 2 is 1.84 bits per heavy atom. The average Bonchev–Trinajstić information content (AvgIpc) is 2.59. The third kappa shape index (κ3) is 5.22. The molecule has 0 spiro atoms. The van der Waals surface area contributed by atoms with Crippen LogP contribution in [0.2, 0.25) is 0 Å². The van der Waals surface area contributed by atoms with E-state index in [0.29, 0.717) is 22.3 Å². The Bertz CT molecular complexity index is 771. The van der Waals surface area contributed by atoms with Crippen LogP contribution in [0.3, 0.4) is 0 Å². The largest absolute Gasteiger partial charge is 0.465 e. The number of fused-ring (bicyclic) bond motifs is 1. The number of rotatable bonds is 7. The Morgan fingerprint density at radius 1 is 1.20 bits per heavy atom. The lowest BCUT2D eigenvalue weighted by Gasteiger charge is -2.13. The molecule has 0 fully saturated rings. The van der Waals surface area contributed by atoms with E-state index in [1.807, 2.05) is 0 Å². The molecule has 132 valence electrons. The zero-order valence-electron chi connectivity index (χ0n) is 13.7. The number of carbonyl (C=O) groups excluding carboxylic acids is 2. The molecule has 1 amide bonds. The lowest BCUT2D eigenvalue weighted by atomic mass is 10.1. The van der Waals surface area contributed by atoms with Crippen LogP contribution in [0.4, 0.5) is 4.79 Å². The second-order valence-electron chi connectivity index (χ2n) is 5.01. The molecule has 0 aliphatic carbocycles. The summed E-state index contributed by atoms with van der Waals surface area (Å²) in [5.41, 5.74) is 0. The maximum absolute atomic E-state index is 11.9.